The molecule has 0 heterocycles. The van der Waals surface area contributed by atoms with Gasteiger partial charge in [-0.3, -0.25) is 4.79 Å². The molecule has 2 aromatic carbocycles. The Balaban J connectivity index is 2.02. The zero-order chi connectivity index (χ0) is 19.9. The van der Waals surface area contributed by atoms with Gasteiger partial charge < -0.3 is 14.8 Å². The molecule has 27 heavy (non-hydrogen) atoms. The number of carbonyl (C=O) groups excluding carboxylic acids is 2. The predicted octanol–water partition coefficient (Wildman–Crippen LogP) is 4.15. The van der Waals surface area contributed by atoms with Crippen LogP contribution in [0.5, 0.6) is 5.75 Å². The first-order valence-corrected chi connectivity index (χ1v) is 8.94. The molecule has 5 heteroatoms. The minimum atomic E-state index is -0.645. The SMILES string of the molecule is COC(=O)NC(Cc1ccc(OCc2ccccc2)cc1)C(=O)C(C)(C)C. The van der Waals surface area contributed by atoms with Gasteiger partial charge in [0.2, 0.25) is 0 Å². The fraction of sp³-hybridized carbons (Fsp3) is 0.364. The normalized spacial score (nSPS) is 12.1. The molecule has 0 saturated carbocycles. The van der Waals surface area contributed by atoms with Crippen molar-refractivity contribution in [2.75, 3.05) is 7.11 Å². The average Bonchev–Trinajstić information content (AvgIpc) is 2.66. The second-order valence-corrected chi connectivity index (χ2v) is 7.43. The summed E-state index contributed by atoms with van der Waals surface area (Å²) in [6, 6.07) is 16.8. The number of hydrogen-bond acceptors (Lipinski definition) is 4. The molecule has 0 aromatic heterocycles. The molecule has 1 N–H and O–H groups in total. The van der Waals surface area contributed by atoms with Crippen LogP contribution in [0.3, 0.4) is 0 Å². The molecule has 1 unspecified atom stereocenters. The van der Waals surface area contributed by atoms with Gasteiger partial charge in [-0.15, -0.1) is 0 Å². The van der Waals surface area contributed by atoms with Crippen molar-refractivity contribution in [1.29, 1.82) is 0 Å². The van der Waals surface area contributed by atoms with Crippen LogP contribution in [0.15, 0.2) is 54.6 Å². The smallest absolute Gasteiger partial charge is 0.407 e. The fourth-order valence-corrected chi connectivity index (χ4v) is 2.63. The Labute approximate surface area is 160 Å². The number of Topliss-reactive ketones (excluding diaryl/α,β-unsaturated/α-hetero) is 1. The van der Waals surface area contributed by atoms with Crippen molar-refractivity contribution in [3.8, 4) is 5.75 Å². The second kappa shape index (κ2) is 9.21. The maximum atomic E-state index is 12.7. The van der Waals surface area contributed by atoms with Gasteiger partial charge >= 0.3 is 6.09 Å². The number of carbonyl (C=O) groups is 2. The summed E-state index contributed by atoms with van der Waals surface area (Å²) in [6.07, 6.45) is -0.218. The second-order valence-electron chi connectivity index (χ2n) is 7.43. The van der Waals surface area contributed by atoms with E-state index in [2.05, 4.69) is 10.1 Å². The lowest BCUT2D eigenvalue weighted by molar-refractivity contribution is -0.128. The molecule has 5 nitrogen and oxygen atoms in total. The molecular weight excluding hydrogens is 342 g/mol. The maximum absolute atomic E-state index is 12.7. The third kappa shape index (κ3) is 6.44. The quantitative estimate of drug-likeness (QED) is 0.796. The summed E-state index contributed by atoms with van der Waals surface area (Å²) >= 11 is 0. The molecule has 0 aliphatic rings. The Kier molecular flexibility index (Phi) is 6.99. The molecule has 0 radical (unpaired) electrons. The molecule has 1 amide bonds. The summed E-state index contributed by atoms with van der Waals surface area (Å²) in [5, 5.41) is 2.64. The molecule has 0 saturated heterocycles. The van der Waals surface area contributed by atoms with E-state index >= 15 is 0 Å². The van der Waals surface area contributed by atoms with Gasteiger partial charge in [0.1, 0.15) is 12.4 Å². The number of hydrogen-bond donors (Lipinski definition) is 1. The molecule has 0 fully saturated rings. The number of nitrogens with one attached hydrogen (secondary N) is 1. The Morgan fingerprint density at radius 1 is 0.963 bits per heavy atom. The Morgan fingerprint density at radius 2 is 1.59 bits per heavy atom. The predicted molar refractivity (Wildman–Crippen MR) is 105 cm³/mol. The van der Waals surface area contributed by atoms with Crippen molar-refractivity contribution < 1.29 is 19.1 Å². The zero-order valence-electron chi connectivity index (χ0n) is 16.3. The van der Waals surface area contributed by atoms with Crippen LogP contribution in [0, 0.1) is 5.41 Å². The lowest BCUT2D eigenvalue weighted by atomic mass is 9.84. The topological polar surface area (TPSA) is 64.6 Å². The highest BCUT2D eigenvalue weighted by Gasteiger charge is 2.31. The molecule has 0 aliphatic carbocycles. The number of ketones is 1. The van der Waals surface area contributed by atoms with Crippen molar-refractivity contribution in [2.45, 2.75) is 39.8 Å². The highest BCUT2D eigenvalue weighted by Crippen LogP contribution is 2.21. The van der Waals surface area contributed by atoms with Crippen molar-refractivity contribution in [3.05, 3.63) is 65.7 Å². The zero-order valence-corrected chi connectivity index (χ0v) is 16.3. The van der Waals surface area contributed by atoms with E-state index in [1.807, 2.05) is 75.4 Å². The summed E-state index contributed by atoms with van der Waals surface area (Å²) in [7, 11) is 1.28. The largest absolute Gasteiger partial charge is 0.489 e. The number of benzene rings is 2. The summed E-state index contributed by atoms with van der Waals surface area (Å²) in [4.78, 5) is 24.3. The van der Waals surface area contributed by atoms with Crippen LogP contribution < -0.4 is 10.1 Å². The third-order valence-electron chi connectivity index (χ3n) is 4.14. The van der Waals surface area contributed by atoms with Crippen LogP contribution >= 0.6 is 0 Å². The minimum Gasteiger partial charge on any atom is -0.489 e. The van der Waals surface area contributed by atoms with Gasteiger partial charge in [0.05, 0.1) is 13.2 Å². The summed E-state index contributed by atoms with van der Waals surface area (Å²) in [6.45, 7) is 6.00. The van der Waals surface area contributed by atoms with Crippen LogP contribution in [-0.4, -0.2) is 25.0 Å². The minimum absolute atomic E-state index is 0.0442. The Hall–Kier alpha value is -2.82. The van der Waals surface area contributed by atoms with E-state index in [1.54, 1.807) is 0 Å². The van der Waals surface area contributed by atoms with Gasteiger partial charge in [-0.2, -0.15) is 0 Å². The van der Waals surface area contributed by atoms with Gasteiger partial charge in [0.15, 0.2) is 5.78 Å². The van der Waals surface area contributed by atoms with Gasteiger partial charge in [-0.05, 0) is 29.7 Å². The lowest BCUT2D eigenvalue weighted by Gasteiger charge is -2.25. The molecule has 2 aromatic rings. The molecule has 0 bridgehead atoms. The Bertz CT molecular complexity index is 748. The fourth-order valence-electron chi connectivity index (χ4n) is 2.63. The average molecular weight is 369 g/mol. The van der Waals surface area contributed by atoms with Crippen LogP contribution in [0.4, 0.5) is 4.79 Å². The van der Waals surface area contributed by atoms with Crippen LogP contribution in [-0.2, 0) is 22.6 Å². The highest BCUT2D eigenvalue weighted by atomic mass is 16.5. The highest BCUT2D eigenvalue weighted by molar-refractivity contribution is 5.91. The van der Waals surface area contributed by atoms with Gasteiger partial charge in [0, 0.05) is 5.41 Å². The van der Waals surface area contributed by atoms with Crippen molar-refractivity contribution in [3.63, 3.8) is 0 Å². The standard InChI is InChI=1S/C22H27NO4/c1-22(2,3)20(24)19(23-21(25)26-4)14-16-10-12-18(13-11-16)27-15-17-8-6-5-7-9-17/h5-13,19H,14-15H2,1-4H3,(H,23,25). The van der Waals surface area contributed by atoms with Crippen LogP contribution in [0.1, 0.15) is 31.9 Å². The molecule has 144 valence electrons. The maximum Gasteiger partial charge on any atom is 0.407 e. The van der Waals surface area contributed by atoms with E-state index in [1.165, 1.54) is 7.11 Å². The van der Waals surface area contributed by atoms with E-state index in [4.69, 9.17) is 4.74 Å². The number of ether oxygens (including phenoxy) is 2. The number of alkyl carbamates (subject to hydrolysis) is 1. The molecule has 0 aliphatic heterocycles. The van der Waals surface area contributed by atoms with E-state index in [-0.39, 0.29) is 5.78 Å². The van der Waals surface area contributed by atoms with Gasteiger partial charge in [-0.25, -0.2) is 4.79 Å². The van der Waals surface area contributed by atoms with Gasteiger partial charge in [0.25, 0.3) is 0 Å². The molecule has 2 rings (SSSR count). The number of amides is 1. The van der Waals surface area contributed by atoms with E-state index < -0.39 is 17.6 Å². The van der Waals surface area contributed by atoms with Crippen LogP contribution in [0.2, 0.25) is 0 Å². The number of methoxy groups -OCH3 is 1. The molecule has 1 atom stereocenters. The van der Waals surface area contributed by atoms with Crippen molar-refractivity contribution in [2.24, 2.45) is 5.41 Å². The van der Waals surface area contributed by atoms with Crippen LogP contribution in [0.25, 0.3) is 0 Å². The Morgan fingerprint density at radius 3 is 2.15 bits per heavy atom. The van der Waals surface area contributed by atoms with Crippen molar-refractivity contribution in [1.82, 2.24) is 5.32 Å². The first kappa shape index (κ1) is 20.5. The molecule has 0 spiro atoms. The first-order chi connectivity index (χ1) is 12.8. The number of rotatable bonds is 7. The summed E-state index contributed by atoms with van der Waals surface area (Å²) in [5.74, 6) is 0.708. The summed E-state index contributed by atoms with van der Waals surface area (Å²) < 4.78 is 10.4. The summed E-state index contributed by atoms with van der Waals surface area (Å²) in [5.41, 5.74) is 1.46. The first-order valence-electron chi connectivity index (χ1n) is 8.94. The van der Waals surface area contributed by atoms with E-state index in [0.29, 0.717) is 13.0 Å². The lowest BCUT2D eigenvalue weighted by Crippen LogP contribution is -2.46. The monoisotopic (exact) mass is 369 g/mol. The van der Waals surface area contributed by atoms with Crippen molar-refractivity contribution >= 4 is 11.9 Å². The third-order valence-corrected chi connectivity index (χ3v) is 4.14. The molecular formula is C22H27NO4. The van der Waals surface area contributed by atoms with E-state index in [9.17, 15) is 9.59 Å². The van der Waals surface area contributed by atoms with Gasteiger partial charge in [-0.1, -0.05) is 63.2 Å². The van der Waals surface area contributed by atoms with E-state index in [0.717, 1.165) is 16.9 Å².